The van der Waals surface area contributed by atoms with E-state index in [1.165, 1.54) is 62.0 Å². The molecular formula is C35H40FN3O4S. The molecular weight excluding hydrogens is 577 g/mol. The molecule has 0 amide bonds. The van der Waals surface area contributed by atoms with Crippen LogP contribution in [-0.4, -0.2) is 34.4 Å². The first-order chi connectivity index (χ1) is 21.4. The third kappa shape index (κ3) is 9.16. The lowest BCUT2D eigenvalue weighted by atomic mass is 9.95. The molecule has 0 radical (unpaired) electrons. The number of carbonyl (C=O) groups is 2. The summed E-state index contributed by atoms with van der Waals surface area (Å²) in [6.45, 7) is 4.49. The third-order valence-corrected chi connectivity index (χ3v) is 8.99. The summed E-state index contributed by atoms with van der Waals surface area (Å²) in [5.74, 6) is 0.718. The maximum Gasteiger partial charge on any atom is 0.302 e. The van der Waals surface area contributed by atoms with Gasteiger partial charge < -0.3 is 14.8 Å². The van der Waals surface area contributed by atoms with E-state index in [0.29, 0.717) is 36.3 Å². The van der Waals surface area contributed by atoms with Crippen molar-refractivity contribution in [1.29, 1.82) is 0 Å². The van der Waals surface area contributed by atoms with Gasteiger partial charge in [-0.1, -0.05) is 31.4 Å². The lowest BCUT2D eigenvalue weighted by Gasteiger charge is -2.22. The largest absolute Gasteiger partial charge is 0.466 e. The number of fused-ring (bicyclic) bond motifs is 1. The number of rotatable bonds is 11. The molecule has 2 saturated carbocycles. The van der Waals surface area contributed by atoms with E-state index in [0.717, 1.165) is 40.2 Å². The number of carbonyl (C=O) groups excluding carboxylic acids is 2. The highest BCUT2D eigenvalue weighted by atomic mass is 32.1. The highest BCUT2D eigenvalue weighted by Gasteiger charge is 2.24. The van der Waals surface area contributed by atoms with Crippen molar-refractivity contribution in [3.05, 3.63) is 71.8 Å². The van der Waals surface area contributed by atoms with Crippen molar-refractivity contribution in [1.82, 2.24) is 15.3 Å². The molecule has 0 saturated heterocycles. The molecule has 0 bridgehead atoms. The van der Waals surface area contributed by atoms with E-state index in [-0.39, 0.29) is 23.9 Å². The number of ketones is 1. The van der Waals surface area contributed by atoms with E-state index in [2.05, 4.69) is 21.1 Å². The number of esters is 1. The van der Waals surface area contributed by atoms with E-state index in [9.17, 15) is 14.0 Å². The molecule has 0 unspecified atom stereocenters. The second-order valence-electron chi connectivity index (χ2n) is 11.6. The Balaban J connectivity index is 0.000000584. The van der Waals surface area contributed by atoms with Gasteiger partial charge in [0.25, 0.3) is 0 Å². The van der Waals surface area contributed by atoms with Gasteiger partial charge in [-0.2, -0.15) is 0 Å². The molecule has 44 heavy (non-hydrogen) atoms. The predicted molar refractivity (Wildman–Crippen MR) is 171 cm³/mol. The highest BCUT2D eigenvalue weighted by molar-refractivity contribution is 7.22. The third-order valence-electron chi connectivity index (χ3n) is 7.83. The fourth-order valence-corrected chi connectivity index (χ4v) is 6.41. The van der Waals surface area contributed by atoms with E-state index in [1.54, 1.807) is 31.3 Å². The summed E-state index contributed by atoms with van der Waals surface area (Å²) >= 11 is 1.53. The Morgan fingerprint density at radius 1 is 0.977 bits per heavy atom. The van der Waals surface area contributed by atoms with Crippen LogP contribution in [-0.2, 0) is 27.3 Å². The van der Waals surface area contributed by atoms with Crippen molar-refractivity contribution in [3.8, 4) is 22.1 Å². The smallest absolute Gasteiger partial charge is 0.302 e. The van der Waals surface area contributed by atoms with Crippen LogP contribution in [0.15, 0.2) is 54.9 Å². The van der Waals surface area contributed by atoms with Crippen molar-refractivity contribution in [2.24, 2.45) is 5.92 Å². The second kappa shape index (κ2) is 15.3. The van der Waals surface area contributed by atoms with E-state index in [4.69, 9.17) is 9.72 Å². The Hall–Kier alpha value is -3.69. The molecule has 2 aliphatic carbocycles. The molecule has 4 aromatic rings. The monoisotopic (exact) mass is 617 g/mol. The molecule has 1 N–H and O–H groups in total. The van der Waals surface area contributed by atoms with Crippen LogP contribution in [0.1, 0.15) is 76.3 Å². The lowest BCUT2D eigenvalue weighted by molar-refractivity contribution is -0.140. The highest BCUT2D eigenvalue weighted by Crippen LogP contribution is 2.39. The van der Waals surface area contributed by atoms with Gasteiger partial charge in [0.1, 0.15) is 11.5 Å². The number of thiophene rings is 1. The molecule has 232 valence electrons. The van der Waals surface area contributed by atoms with Gasteiger partial charge in [0, 0.05) is 50.8 Å². The summed E-state index contributed by atoms with van der Waals surface area (Å²) in [5, 5.41) is 3.66. The van der Waals surface area contributed by atoms with Crippen LogP contribution in [0.25, 0.3) is 20.8 Å². The number of hydrogen-bond acceptors (Lipinski definition) is 8. The van der Waals surface area contributed by atoms with Gasteiger partial charge in [-0.3, -0.25) is 19.6 Å². The molecule has 2 fully saturated rings. The SMILES string of the molecule is CCOC(C)=O.O=C(Cc1ccc(Oc2ccnc3cc(-c4ccc(CNC5CCCCC5)cn4)sc23)c(F)c1)CC1CC1. The van der Waals surface area contributed by atoms with Gasteiger partial charge in [-0.05, 0) is 73.9 Å². The van der Waals surface area contributed by atoms with Gasteiger partial charge in [-0.15, -0.1) is 11.3 Å². The zero-order valence-corrected chi connectivity index (χ0v) is 26.3. The Bertz CT molecular complexity index is 1560. The molecule has 0 spiro atoms. The summed E-state index contributed by atoms with van der Waals surface area (Å²) in [6, 6.07) is 13.3. The fourth-order valence-electron chi connectivity index (χ4n) is 5.37. The molecule has 6 rings (SSSR count). The van der Waals surface area contributed by atoms with Crippen LogP contribution >= 0.6 is 11.3 Å². The molecule has 7 nitrogen and oxygen atoms in total. The fraction of sp³-hybridized carbons (Fsp3) is 0.429. The zero-order valence-electron chi connectivity index (χ0n) is 25.4. The van der Waals surface area contributed by atoms with E-state index in [1.807, 2.05) is 18.3 Å². The number of nitrogens with one attached hydrogen (secondary N) is 1. The topological polar surface area (TPSA) is 90.4 Å². The number of benzene rings is 1. The van der Waals surface area contributed by atoms with Crippen LogP contribution in [0.2, 0.25) is 0 Å². The Labute approximate surface area is 262 Å². The van der Waals surface area contributed by atoms with Crippen LogP contribution in [0.5, 0.6) is 11.5 Å². The van der Waals surface area contributed by atoms with Gasteiger partial charge in [-0.25, -0.2) is 4.39 Å². The molecule has 2 aliphatic rings. The van der Waals surface area contributed by atoms with Crippen LogP contribution in [0, 0.1) is 11.7 Å². The maximum absolute atomic E-state index is 14.9. The lowest BCUT2D eigenvalue weighted by Crippen LogP contribution is -2.30. The Kier molecular flexibility index (Phi) is 11.1. The number of pyridine rings is 2. The van der Waals surface area contributed by atoms with Gasteiger partial charge >= 0.3 is 5.97 Å². The molecule has 0 aliphatic heterocycles. The summed E-state index contributed by atoms with van der Waals surface area (Å²) < 4.78 is 26.1. The standard InChI is InChI=1S/C31H32FN3O2S.C4H8O2/c32-25-16-21(15-24(36)14-20-6-7-20)9-11-28(25)37-29-12-13-33-27-17-30(38-31(27)29)26-10-8-22(19-35-26)18-34-23-4-2-1-3-5-23;1-3-6-4(2)5/h8-13,16-17,19-20,23,34H,1-7,14-15,18H2;3H2,1-2H3. The van der Waals surface area contributed by atoms with Gasteiger partial charge in [0.05, 0.1) is 27.4 Å². The molecule has 0 atom stereocenters. The Morgan fingerprint density at radius 3 is 2.43 bits per heavy atom. The van der Waals surface area contributed by atoms with Crippen molar-refractivity contribution in [3.63, 3.8) is 0 Å². The van der Waals surface area contributed by atoms with Crippen molar-refractivity contribution < 1.29 is 23.5 Å². The number of nitrogens with zero attached hydrogens (tertiary/aromatic N) is 2. The normalized spacial score (nSPS) is 15.0. The average molecular weight is 618 g/mol. The van der Waals surface area contributed by atoms with E-state index < -0.39 is 5.82 Å². The van der Waals surface area contributed by atoms with E-state index >= 15 is 0 Å². The summed E-state index contributed by atoms with van der Waals surface area (Å²) in [5.41, 5.74) is 3.53. The Morgan fingerprint density at radius 2 is 1.77 bits per heavy atom. The number of aromatic nitrogens is 2. The maximum atomic E-state index is 14.9. The number of Topliss-reactive ketones (excluding diaryl/α,β-unsaturated/α-hetero) is 1. The van der Waals surface area contributed by atoms with Crippen molar-refractivity contribution >= 4 is 33.3 Å². The van der Waals surface area contributed by atoms with Crippen molar-refractivity contribution in [2.45, 2.75) is 84.2 Å². The molecule has 9 heteroatoms. The zero-order chi connectivity index (χ0) is 30.9. The van der Waals surface area contributed by atoms with Crippen LogP contribution in [0.4, 0.5) is 4.39 Å². The minimum absolute atomic E-state index is 0.138. The molecule has 1 aromatic carbocycles. The van der Waals surface area contributed by atoms with Gasteiger partial charge in [0.15, 0.2) is 11.6 Å². The first kappa shape index (κ1) is 31.7. The summed E-state index contributed by atoms with van der Waals surface area (Å²) in [6.07, 6.45) is 13.3. The quantitative estimate of drug-likeness (QED) is 0.170. The molecule has 3 aromatic heterocycles. The van der Waals surface area contributed by atoms with Crippen LogP contribution < -0.4 is 10.1 Å². The minimum atomic E-state index is -0.470. The van der Waals surface area contributed by atoms with Crippen LogP contribution in [0.3, 0.4) is 0 Å². The van der Waals surface area contributed by atoms with Crippen molar-refractivity contribution in [2.75, 3.05) is 6.61 Å². The average Bonchev–Trinajstić information content (AvgIpc) is 3.72. The first-order valence-corrected chi connectivity index (χ1v) is 16.4. The predicted octanol–water partition coefficient (Wildman–Crippen LogP) is 8.19. The number of ether oxygens (including phenoxy) is 2. The number of hydrogen-bond donors (Lipinski definition) is 1. The number of halogens is 1. The summed E-state index contributed by atoms with van der Waals surface area (Å²) in [7, 11) is 0. The van der Waals surface area contributed by atoms with Gasteiger partial charge in [0.2, 0.25) is 0 Å². The molecule has 3 heterocycles. The summed E-state index contributed by atoms with van der Waals surface area (Å²) in [4.78, 5) is 32.2. The second-order valence-corrected chi connectivity index (χ2v) is 12.6. The first-order valence-electron chi connectivity index (χ1n) is 15.6. The minimum Gasteiger partial charge on any atom is -0.466 e.